The molecule has 0 saturated heterocycles. The molecule has 0 heterocycles. The van der Waals surface area contributed by atoms with Crippen LogP contribution in [0.2, 0.25) is 0 Å². The van der Waals surface area contributed by atoms with Crippen molar-refractivity contribution in [3.05, 3.63) is 146 Å². The van der Waals surface area contributed by atoms with Crippen molar-refractivity contribution in [2.24, 2.45) is 0 Å². The van der Waals surface area contributed by atoms with Gasteiger partial charge < -0.3 is 0 Å². The molecule has 1 aliphatic rings. The van der Waals surface area contributed by atoms with E-state index in [0.717, 1.165) is 6.42 Å². The summed E-state index contributed by atoms with van der Waals surface area (Å²) in [4.78, 5) is 0. The Morgan fingerprint density at radius 1 is 0.200 bits per heavy atom. The molecule has 0 fully saturated rings. The molecule has 0 aromatic heterocycles. The number of hydrogen-bond donors (Lipinski definition) is 0. The predicted octanol–water partition coefficient (Wildman–Crippen LogP) is 7.06. The minimum Gasteiger partial charge on any atom is -0.0807 e. The van der Waals surface area contributed by atoms with E-state index in [1.54, 1.807) is 0 Å². The fourth-order valence-corrected chi connectivity index (χ4v) is 1.68. The zero-order valence-corrected chi connectivity index (χ0v) is 14.6. The van der Waals surface area contributed by atoms with Gasteiger partial charge in [-0.05, 0) is 6.42 Å². The first-order valence-corrected chi connectivity index (χ1v) is 8.48. The molecule has 0 saturated carbocycles. The number of hydrogen-bond acceptors (Lipinski definition) is 0. The van der Waals surface area contributed by atoms with Crippen LogP contribution >= 0.6 is 0 Å². The lowest BCUT2D eigenvalue weighted by molar-refractivity contribution is 1.39. The topological polar surface area (TPSA) is 0 Å². The Morgan fingerprint density at radius 2 is 0.360 bits per heavy atom. The van der Waals surface area contributed by atoms with Gasteiger partial charge in [-0.15, -0.1) is 0 Å². The van der Waals surface area contributed by atoms with E-state index in [4.69, 9.17) is 0 Å². The molecular formula is C25H26. The van der Waals surface area contributed by atoms with Gasteiger partial charge in [-0.25, -0.2) is 0 Å². The van der Waals surface area contributed by atoms with Crippen LogP contribution in [0, 0.1) is 0 Å². The van der Waals surface area contributed by atoms with Gasteiger partial charge in [0, 0.05) is 0 Å². The Balaban J connectivity index is 2.64. The first kappa shape index (κ1) is 19.9. The maximum Gasteiger partial charge on any atom is -0.0163 e. The van der Waals surface area contributed by atoms with Crippen molar-refractivity contribution < 1.29 is 0 Å². The van der Waals surface area contributed by atoms with E-state index in [9.17, 15) is 0 Å². The second kappa shape index (κ2) is 17.2. The highest BCUT2D eigenvalue weighted by Gasteiger charge is 1.69. The standard InChI is InChI=1S/C25H26/c1-2-4-6-8-10-12-14-16-18-20-22-24-25-23-21-19-17-15-13-11-9-7-5-3-1/h1-24H,25H2/b3-1-,4-2-,7-5-,8-6-,11-9-,12-10-,15-13-,16-14-,19-17-,20-18-,23-21-,24-22?. The Bertz CT molecular complexity index is 616. The molecule has 0 radical (unpaired) electrons. The molecule has 0 amide bonds. The second-order valence-electron chi connectivity index (χ2n) is 4.94. The minimum absolute atomic E-state index is 0.929. The molecular weight excluding hydrogens is 300 g/mol. The van der Waals surface area contributed by atoms with Gasteiger partial charge in [-0.3, -0.25) is 0 Å². The third kappa shape index (κ3) is 15.5. The highest BCUT2D eigenvalue weighted by Crippen LogP contribution is 1.91. The number of rotatable bonds is 0. The van der Waals surface area contributed by atoms with E-state index < -0.39 is 0 Å². The van der Waals surface area contributed by atoms with Crippen LogP contribution in [0.5, 0.6) is 0 Å². The van der Waals surface area contributed by atoms with Crippen LogP contribution in [0.3, 0.4) is 0 Å². The summed E-state index contributed by atoms with van der Waals surface area (Å²) in [6, 6.07) is 0. The Hall–Kier alpha value is -3.12. The third-order valence-corrected chi connectivity index (χ3v) is 2.88. The summed E-state index contributed by atoms with van der Waals surface area (Å²) in [6.45, 7) is 0. The normalized spacial score (nSPS) is 30.4. The van der Waals surface area contributed by atoms with Crippen LogP contribution in [0.15, 0.2) is 146 Å². The van der Waals surface area contributed by atoms with Gasteiger partial charge in [0.15, 0.2) is 0 Å². The van der Waals surface area contributed by atoms with Crippen molar-refractivity contribution in [1.82, 2.24) is 0 Å². The van der Waals surface area contributed by atoms with Crippen molar-refractivity contribution in [3.63, 3.8) is 0 Å². The van der Waals surface area contributed by atoms with Gasteiger partial charge in [0.25, 0.3) is 0 Å². The predicted molar refractivity (Wildman–Crippen MR) is 114 cm³/mol. The van der Waals surface area contributed by atoms with Crippen LogP contribution in [0.4, 0.5) is 0 Å². The van der Waals surface area contributed by atoms with Crippen molar-refractivity contribution in [2.45, 2.75) is 6.42 Å². The Labute approximate surface area is 152 Å². The lowest BCUT2D eigenvalue weighted by Crippen LogP contribution is -1.58. The molecule has 1 rings (SSSR count). The molecule has 0 atom stereocenters. The molecule has 0 nitrogen and oxygen atoms in total. The first-order valence-electron chi connectivity index (χ1n) is 8.48. The summed E-state index contributed by atoms with van der Waals surface area (Å²) >= 11 is 0. The highest BCUT2D eigenvalue weighted by atomic mass is 13.8. The largest absolute Gasteiger partial charge is 0.0807 e. The molecule has 0 aromatic rings. The lowest BCUT2D eigenvalue weighted by Gasteiger charge is -1.79. The zero-order valence-electron chi connectivity index (χ0n) is 14.6. The van der Waals surface area contributed by atoms with E-state index >= 15 is 0 Å². The monoisotopic (exact) mass is 326 g/mol. The van der Waals surface area contributed by atoms with Gasteiger partial charge in [-0.2, -0.15) is 0 Å². The molecule has 0 aliphatic heterocycles. The molecule has 25 heavy (non-hydrogen) atoms. The van der Waals surface area contributed by atoms with E-state index in [2.05, 4.69) is 24.3 Å². The highest BCUT2D eigenvalue weighted by molar-refractivity contribution is 5.23. The van der Waals surface area contributed by atoms with Gasteiger partial charge in [0.2, 0.25) is 0 Å². The molecule has 0 heteroatoms. The summed E-state index contributed by atoms with van der Waals surface area (Å²) < 4.78 is 0. The molecule has 0 unspecified atom stereocenters. The fourth-order valence-electron chi connectivity index (χ4n) is 1.68. The SMILES string of the molecule is C1=CC\C=C/C=C\C=C/C=C\C=C/C=C\C=C/C=C\C=C/C=C\C=C/1. The summed E-state index contributed by atoms with van der Waals surface area (Å²) in [5, 5.41) is 0. The lowest BCUT2D eigenvalue weighted by atomic mass is 10.3. The third-order valence-electron chi connectivity index (χ3n) is 2.88. The van der Waals surface area contributed by atoms with Crippen LogP contribution < -0.4 is 0 Å². The molecule has 0 N–H and O–H groups in total. The Morgan fingerprint density at radius 3 is 0.560 bits per heavy atom. The van der Waals surface area contributed by atoms with Gasteiger partial charge in [0.05, 0.1) is 0 Å². The quantitative estimate of drug-likeness (QED) is 0.447. The Kier molecular flexibility index (Phi) is 13.7. The molecule has 1 aliphatic carbocycles. The molecule has 0 spiro atoms. The summed E-state index contributed by atoms with van der Waals surface area (Å²) in [5.41, 5.74) is 0. The fraction of sp³-hybridized carbons (Fsp3) is 0.0400. The maximum absolute atomic E-state index is 2.12. The average Bonchev–Trinajstić information content (AvgIpc) is 2.62. The van der Waals surface area contributed by atoms with E-state index in [1.165, 1.54) is 0 Å². The zero-order chi connectivity index (χ0) is 17.7. The van der Waals surface area contributed by atoms with Gasteiger partial charge in [-0.1, -0.05) is 146 Å². The van der Waals surface area contributed by atoms with Gasteiger partial charge >= 0.3 is 0 Å². The minimum atomic E-state index is 0.929. The van der Waals surface area contributed by atoms with E-state index in [-0.39, 0.29) is 0 Å². The molecule has 126 valence electrons. The smallest absolute Gasteiger partial charge is 0.0163 e. The van der Waals surface area contributed by atoms with Crippen molar-refractivity contribution in [1.29, 1.82) is 0 Å². The number of allylic oxidation sites excluding steroid dienone is 24. The van der Waals surface area contributed by atoms with E-state index in [0.29, 0.717) is 0 Å². The second-order valence-corrected chi connectivity index (χ2v) is 4.94. The van der Waals surface area contributed by atoms with Crippen LogP contribution in [0.25, 0.3) is 0 Å². The van der Waals surface area contributed by atoms with Crippen LogP contribution in [0.1, 0.15) is 6.42 Å². The summed E-state index contributed by atoms with van der Waals surface area (Å²) in [7, 11) is 0. The van der Waals surface area contributed by atoms with Crippen LogP contribution in [-0.2, 0) is 0 Å². The van der Waals surface area contributed by atoms with Crippen molar-refractivity contribution in [3.8, 4) is 0 Å². The van der Waals surface area contributed by atoms with Crippen LogP contribution in [-0.4, -0.2) is 0 Å². The van der Waals surface area contributed by atoms with E-state index in [1.807, 2.05) is 122 Å². The first-order chi connectivity index (χ1) is 12.5. The van der Waals surface area contributed by atoms with Crippen molar-refractivity contribution in [2.75, 3.05) is 0 Å². The molecule has 0 bridgehead atoms. The maximum atomic E-state index is 2.12. The van der Waals surface area contributed by atoms with Crippen molar-refractivity contribution >= 4 is 0 Å². The molecule has 0 aromatic carbocycles. The summed E-state index contributed by atoms with van der Waals surface area (Å²) in [6.07, 6.45) is 49.5. The summed E-state index contributed by atoms with van der Waals surface area (Å²) in [5.74, 6) is 0. The van der Waals surface area contributed by atoms with Gasteiger partial charge in [0.1, 0.15) is 0 Å². The average molecular weight is 326 g/mol.